The number of nitrogens with one attached hydrogen (secondary N) is 2. The first-order valence-corrected chi connectivity index (χ1v) is 10.2. The van der Waals surface area contributed by atoms with Crippen LogP contribution in [-0.4, -0.2) is 30.9 Å². The summed E-state index contributed by atoms with van der Waals surface area (Å²) in [5.41, 5.74) is 1.69. The van der Waals surface area contributed by atoms with E-state index in [1.807, 2.05) is 0 Å². The Morgan fingerprint density at radius 3 is 2.57 bits per heavy atom. The van der Waals surface area contributed by atoms with Gasteiger partial charge >= 0.3 is 0 Å². The molecule has 0 unspecified atom stereocenters. The minimum absolute atomic E-state index is 0.177. The van der Waals surface area contributed by atoms with E-state index in [0.29, 0.717) is 27.7 Å². The van der Waals surface area contributed by atoms with Crippen LogP contribution in [0.3, 0.4) is 0 Å². The summed E-state index contributed by atoms with van der Waals surface area (Å²) in [5, 5.41) is 7.37. The lowest BCUT2D eigenvalue weighted by Crippen LogP contribution is -2.52. The van der Waals surface area contributed by atoms with Crippen LogP contribution in [0.2, 0.25) is 0 Å². The highest BCUT2D eigenvalue weighted by atomic mass is 32.1. The molecule has 8 heteroatoms. The molecule has 152 valence electrons. The van der Waals surface area contributed by atoms with Crippen LogP contribution in [0.15, 0.2) is 66.0 Å². The maximum atomic E-state index is 13.2. The number of hydrogen-bond acceptors (Lipinski definition) is 5. The molecule has 0 bridgehead atoms. The van der Waals surface area contributed by atoms with Gasteiger partial charge in [-0.05, 0) is 47.8 Å². The summed E-state index contributed by atoms with van der Waals surface area (Å²) in [7, 11) is 1.56. The second-order valence-corrected chi connectivity index (χ2v) is 7.60. The van der Waals surface area contributed by atoms with Crippen molar-refractivity contribution in [3.05, 3.63) is 70.9 Å². The molecule has 7 nitrogen and oxygen atoms in total. The van der Waals surface area contributed by atoms with Gasteiger partial charge in [0.25, 0.3) is 5.91 Å². The predicted octanol–water partition coefficient (Wildman–Crippen LogP) is 3.75. The Labute approximate surface area is 177 Å². The fraction of sp³-hybridized carbons (Fsp3) is 0.136. The Morgan fingerprint density at radius 1 is 1.10 bits per heavy atom. The van der Waals surface area contributed by atoms with Crippen LogP contribution in [0.1, 0.15) is 16.1 Å². The molecule has 3 amide bonds. The van der Waals surface area contributed by atoms with Crippen molar-refractivity contribution in [2.45, 2.75) is 12.5 Å². The molecule has 1 aliphatic heterocycles. The number of hydrogen-bond donors (Lipinski definition) is 2. The van der Waals surface area contributed by atoms with Crippen LogP contribution in [-0.2, 0) is 9.59 Å². The lowest BCUT2D eigenvalue weighted by Gasteiger charge is -2.35. The molecule has 30 heavy (non-hydrogen) atoms. The SMILES string of the molecule is COc1ccc(NC(=O)C[C@H]2C(=O)Nc3ccccc3N2C(=O)c2cccs2)cc1. The third-order valence-electron chi connectivity index (χ3n) is 4.74. The zero-order valence-electron chi connectivity index (χ0n) is 16.1. The van der Waals surface area contributed by atoms with Gasteiger partial charge in [0, 0.05) is 5.69 Å². The van der Waals surface area contributed by atoms with Crippen LogP contribution in [0.4, 0.5) is 17.1 Å². The Bertz CT molecular complexity index is 1080. The van der Waals surface area contributed by atoms with Gasteiger partial charge in [-0.15, -0.1) is 11.3 Å². The number of thiophene rings is 1. The lowest BCUT2D eigenvalue weighted by atomic mass is 10.0. The number of para-hydroxylation sites is 2. The van der Waals surface area contributed by atoms with E-state index in [2.05, 4.69) is 10.6 Å². The molecule has 2 N–H and O–H groups in total. The Kier molecular flexibility index (Phi) is 5.49. The first-order chi connectivity index (χ1) is 14.6. The average Bonchev–Trinajstić information content (AvgIpc) is 3.29. The number of fused-ring (bicyclic) bond motifs is 1. The molecule has 0 aliphatic carbocycles. The largest absolute Gasteiger partial charge is 0.497 e. The first-order valence-electron chi connectivity index (χ1n) is 9.27. The standard InChI is InChI=1S/C22H19N3O4S/c1-29-15-10-8-14(9-11-15)23-20(26)13-18-21(27)24-16-5-2-3-6-17(16)25(18)22(28)19-7-4-12-30-19/h2-12,18H,13H2,1H3,(H,23,26)(H,24,27)/t18-/m0/s1. The van der Waals surface area contributed by atoms with Gasteiger partial charge in [-0.25, -0.2) is 0 Å². The fourth-order valence-electron chi connectivity index (χ4n) is 3.31. The highest BCUT2D eigenvalue weighted by Gasteiger charge is 2.38. The van der Waals surface area contributed by atoms with Crippen molar-refractivity contribution < 1.29 is 19.1 Å². The maximum absolute atomic E-state index is 13.2. The summed E-state index contributed by atoms with van der Waals surface area (Å²) in [6.45, 7) is 0. The van der Waals surface area contributed by atoms with Crippen molar-refractivity contribution in [1.82, 2.24) is 0 Å². The van der Waals surface area contributed by atoms with E-state index in [-0.39, 0.29) is 18.2 Å². The third kappa shape index (κ3) is 3.90. The minimum Gasteiger partial charge on any atom is -0.497 e. The van der Waals surface area contributed by atoms with Gasteiger partial charge in [-0.2, -0.15) is 0 Å². The zero-order chi connectivity index (χ0) is 21.1. The van der Waals surface area contributed by atoms with Crippen LogP contribution < -0.4 is 20.3 Å². The summed E-state index contributed by atoms with van der Waals surface area (Å²) < 4.78 is 5.11. The van der Waals surface area contributed by atoms with Gasteiger partial charge in [0.1, 0.15) is 11.8 Å². The van der Waals surface area contributed by atoms with Gasteiger partial charge in [0.15, 0.2) is 0 Å². The quantitative estimate of drug-likeness (QED) is 0.657. The molecule has 0 radical (unpaired) electrons. The molecule has 0 saturated heterocycles. The zero-order valence-corrected chi connectivity index (χ0v) is 16.9. The van der Waals surface area contributed by atoms with Crippen molar-refractivity contribution in [2.24, 2.45) is 0 Å². The van der Waals surface area contributed by atoms with Gasteiger partial charge in [-0.1, -0.05) is 18.2 Å². The number of carbonyl (C=O) groups is 3. The van der Waals surface area contributed by atoms with Crippen LogP contribution in [0.5, 0.6) is 5.75 Å². The van der Waals surface area contributed by atoms with Gasteiger partial charge < -0.3 is 15.4 Å². The van der Waals surface area contributed by atoms with Crippen molar-refractivity contribution in [3.8, 4) is 5.75 Å². The predicted molar refractivity (Wildman–Crippen MR) is 116 cm³/mol. The Morgan fingerprint density at radius 2 is 1.87 bits per heavy atom. The lowest BCUT2D eigenvalue weighted by molar-refractivity contribution is -0.122. The number of carbonyl (C=O) groups excluding carboxylic acids is 3. The van der Waals surface area contributed by atoms with E-state index in [1.165, 1.54) is 16.2 Å². The van der Waals surface area contributed by atoms with E-state index >= 15 is 0 Å². The molecular weight excluding hydrogens is 402 g/mol. The fourth-order valence-corrected chi connectivity index (χ4v) is 3.97. The van der Waals surface area contributed by atoms with Crippen LogP contribution in [0, 0.1) is 0 Å². The van der Waals surface area contributed by atoms with Crippen molar-refractivity contribution in [3.63, 3.8) is 0 Å². The molecule has 2 aromatic carbocycles. The summed E-state index contributed by atoms with van der Waals surface area (Å²) in [6, 6.07) is 16.5. The highest BCUT2D eigenvalue weighted by Crippen LogP contribution is 2.34. The van der Waals surface area contributed by atoms with Gasteiger partial charge in [0.05, 0.1) is 29.8 Å². The third-order valence-corrected chi connectivity index (χ3v) is 5.60. The second kappa shape index (κ2) is 8.38. The summed E-state index contributed by atoms with van der Waals surface area (Å²) >= 11 is 1.29. The van der Waals surface area contributed by atoms with E-state index < -0.39 is 11.9 Å². The van der Waals surface area contributed by atoms with E-state index in [0.717, 1.165) is 0 Å². The first kappa shape index (κ1) is 19.7. The molecule has 0 spiro atoms. The molecule has 0 fully saturated rings. The maximum Gasteiger partial charge on any atom is 0.269 e. The number of rotatable bonds is 5. The monoisotopic (exact) mass is 421 g/mol. The normalized spacial score (nSPS) is 15.2. The highest BCUT2D eigenvalue weighted by molar-refractivity contribution is 7.12. The Balaban J connectivity index is 1.60. The second-order valence-electron chi connectivity index (χ2n) is 6.66. The molecule has 1 aliphatic rings. The summed E-state index contributed by atoms with van der Waals surface area (Å²) in [6.07, 6.45) is -0.177. The molecule has 4 rings (SSSR count). The minimum atomic E-state index is -0.965. The van der Waals surface area contributed by atoms with E-state index in [4.69, 9.17) is 4.74 Å². The molecule has 2 heterocycles. The van der Waals surface area contributed by atoms with Crippen molar-refractivity contribution >= 4 is 46.1 Å². The molecule has 0 saturated carbocycles. The van der Waals surface area contributed by atoms with Gasteiger partial charge in [0.2, 0.25) is 11.8 Å². The molecule has 1 aromatic heterocycles. The summed E-state index contributed by atoms with van der Waals surface area (Å²) in [4.78, 5) is 40.6. The summed E-state index contributed by atoms with van der Waals surface area (Å²) in [5.74, 6) is -0.411. The van der Waals surface area contributed by atoms with E-state index in [9.17, 15) is 14.4 Å². The molecule has 1 atom stereocenters. The number of anilines is 3. The van der Waals surface area contributed by atoms with E-state index in [1.54, 1.807) is 73.2 Å². The van der Waals surface area contributed by atoms with Crippen LogP contribution >= 0.6 is 11.3 Å². The smallest absolute Gasteiger partial charge is 0.269 e. The van der Waals surface area contributed by atoms with Crippen molar-refractivity contribution in [2.75, 3.05) is 22.6 Å². The molecule has 3 aromatic rings. The number of amides is 3. The Hall–Kier alpha value is -3.65. The van der Waals surface area contributed by atoms with Gasteiger partial charge in [-0.3, -0.25) is 19.3 Å². The van der Waals surface area contributed by atoms with Crippen LogP contribution in [0.25, 0.3) is 0 Å². The number of nitrogens with zero attached hydrogens (tertiary/aromatic N) is 1. The number of methoxy groups -OCH3 is 1. The number of benzene rings is 2. The average molecular weight is 421 g/mol. The number of ether oxygens (including phenoxy) is 1. The molecular formula is C22H19N3O4S. The topological polar surface area (TPSA) is 87.7 Å². The van der Waals surface area contributed by atoms with Crippen molar-refractivity contribution in [1.29, 1.82) is 0 Å².